The monoisotopic (exact) mass is 331 g/mol. The van der Waals surface area contributed by atoms with Crippen LogP contribution in [0.15, 0.2) is 46.6 Å². The van der Waals surface area contributed by atoms with Crippen LogP contribution in [0.4, 0.5) is 0 Å². The summed E-state index contributed by atoms with van der Waals surface area (Å²) in [5.74, 6) is 1.39. The normalized spacial score (nSPS) is 13.3. The molecular weight excluding hydrogens is 322 g/mol. The van der Waals surface area contributed by atoms with Gasteiger partial charge >= 0.3 is 0 Å². The molecule has 1 aromatic carbocycles. The molecule has 1 aliphatic heterocycles. The average molecular weight is 332 g/mol. The van der Waals surface area contributed by atoms with E-state index in [1.807, 2.05) is 18.2 Å². The highest BCUT2D eigenvalue weighted by Gasteiger charge is 2.16. The summed E-state index contributed by atoms with van der Waals surface area (Å²) in [6, 6.07) is 7.45. The van der Waals surface area contributed by atoms with Crippen LogP contribution in [-0.2, 0) is 0 Å². The molecule has 4 rings (SSSR count). The number of fused-ring (bicyclic) bond motifs is 2. The molecule has 3 heterocycles. The topological polar surface area (TPSA) is 57.1 Å². The van der Waals surface area contributed by atoms with Crippen LogP contribution in [0.25, 0.3) is 11.2 Å². The first kappa shape index (κ1) is 13.6. The Bertz CT molecular complexity index is 859. The smallest absolute Gasteiger partial charge is 0.179 e. The maximum atomic E-state index is 6.32. The third kappa shape index (κ3) is 2.55. The van der Waals surface area contributed by atoms with Gasteiger partial charge in [0.2, 0.25) is 0 Å². The van der Waals surface area contributed by atoms with Crippen molar-refractivity contribution in [1.82, 2.24) is 15.0 Å². The van der Waals surface area contributed by atoms with Gasteiger partial charge in [0.1, 0.15) is 23.8 Å². The molecule has 1 aliphatic rings. The van der Waals surface area contributed by atoms with E-state index in [2.05, 4.69) is 15.0 Å². The van der Waals surface area contributed by atoms with Gasteiger partial charge in [-0.15, -0.1) is 0 Å². The molecule has 110 valence electrons. The Morgan fingerprint density at radius 2 is 1.77 bits per heavy atom. The van der Waals surface area contributed by atoms with E-state index in [4.69, 9.17) is 21.1 Å². The third-order valence-electron chi connectivity index (χ3n) is 3.12. The zero-order valence-electron chi connectivity index (χ0n) is 11.3. The highest BCUT2D eigenvalue weighted by atomic mass is 35.5. The number of pyridine rings is 1. The van der Waals surface area contributed by atoms with E-state index < -0.39 is 0 Å². The number of nitrogens with zero attached hydrogens (tertiary/aromatic N) is 3. The Kier molecular flexibility index (Phi) is 3.48. The van der Waals surface area contributed by atoms with Crippen molar-refractivity contribution in [3.63, 3.8) is 0 Å². The Morgan fingerprint density at radius 3 is 2.64 bits per heavy atom. The molecule has 7 heteroatoms. The summed E-state index contributed by atoms with van der Waals surface area (Å²) >= 11 is 7.77. The summed E-state index contributed by atoms with van der Waals surface area (Å²) < 4.78 is 11.1. The van der Waals surface area contributed by atoms with Gasteiger partial charge in [-0.2, -0.15) is 0 Å². The molecule has 2 aromatic heterocycles. The molecular formula is C15H10ClN3O2S. The van der Waals surface area contributed by atoms with Crippen molar-refractivity contribution >= 4 is 34.5 Å². The van der Waals surface area contributed by atoms with Gasteiger partial charge in [0.15, 0.2) is 17.1 Å². The first-order chi connectivity index (χ1) is 10.8. The summed E-state index contributed by atoms with van der Waals surface area (Å²) in [7, 11) is 0. The van der Waals surface area contributed by atoms with Gasteiger partial charge in [-0.1, -0.05) is 23.4 Å². The molecule has 0 fully saturated rings. The van der Waals surface area contributed by atoms with E-state index in [0.717, 1.165) is 15.4 Å². The lowest BCUT2D eigenvalue weighted by molar-refractivity contribution is 0.171. The Hall–Kier alpha value is -2.05. The van der Waals surface area contributed by atoms with Crippen LogP contribution in [0.2, 0.25) is 5.02 Å². The molecule has 0 bridgehead atoms. The van der Waals surface area contributed by atoms with E-state index in [1.54, 1.807) is 18.5 Å². The Labute approximate surface area is 135 Å². The van der Waals surface area contributed by atoms with E-state index in [0.29, 0.717) is 35.4 Å². The minimum atomic E-state index is 0.542. The highest BCUT2D eigenvalue weighted by Crippen LogP contribution is 2.41. The predicted molar refractivity (Wildman–Crippen MR) is 83.9 cm³/mol. The van der Waals surface area contributed by atoms with Crippen LogP contribution in [0.1, 0.15) is 0 Å². The molecule has 0 atom stereocenters. The zero-order chi connectivity index (χ0) is 14.9. The van der Waals surface area contributed by atoms with Crippen molar-refractivity contribution in [1.29, 1.82) is 0 Å². The summed E-state index contributed by atoms with van der Waals surface area (Å²) in [4.78, 5) is 13.8. The first-order valence-electron chi connectivity index (χ1n) is 6.64. The standard InChI is InChI=1S/C15H10ClN3O2S/c16-9-7-11-12(21-6-5-20-11)8-13(9)22-14-2-1-10-15(19-14)18-4-3-17-10/h1-4,7-8H,5-6H2. The number of aromatic nitrogens is 3. The van der Waals surface area contributed by atoms with Gasteiger partial charge in [-0.05, 0) is 18.2 Å². The van der Waals surface area contributed by atoms with Gasteiger partial charge in [0.25, 0.3) is 0 Å². The van der Waals surface area contributed by atoms with Crippen LogP contribution >= 0.6 is 23.4 Å². The summed E-state index contributed by atoms with van der Waals surface area (Å²) in [6.45, 7) is 1.09. The fraction of sp³-hybridized carbons (Fsp3) is 0.133. The second-order valence-corrected chi connectivity index (χ2v) is 6.05. The van der Waals surface area contributed by atoms with Crippen molar-refractivity contribution in [2.75, 3.05) is 13.2 Å². The second-order valence-electron chi connectivity index (χ2n) is 4.58. The van der Waals surface area contributed by atoms with E-state index in [-0.39, 0.29) is 0 Å². The number of hydrogen-bond donors (Lipinski definition) is 0. The summed E-state index contributed by atoms with van der Waals surface area (Å²) in [5.41, 5.74) is 1.38. The van der Waals surface area contributed by atoms with Crippen molar-refractivity contribution in [3.8, 4) is 11.5 Å². The average Bonchev–Trinajstić information content (AvgIpc) is 2.55. The van der Waals surface area contributed by atoms with E-state index in [1.165, 1.54) is 11.8 Å². The van der Waals surface area contributed by atoms with Gasteiger partial charge in [0.05, 0.1) is 5.02 Å². The maximum Gasteiger partial charge on any atom is 0.179 e. The van der Waals surface area contributed by atoms with Crippen molar-refractivity contribution in [2.24, 2.45) is 0 Å². The largest absolute Gasteiger partial charge is 0.486 e. The van der Waals surface area contributed by atoms with Gasteiger partial charge in [-0.3, -0.25) is 4.98 Å². The molecule has 0 saturated carbocycles. The first-order valence-corrected chi connectivity index (χ1v) is 7.84. The van der Waals surface area contributed by atoms with Gasteiger partial charge in [0, 0.05) is 23.4 Å². The van der Waals surface area contributed by atoms with Crippen LogP contribution in [-0.4, -0.2) is 28.2 Å². The second kappa shape index (κ2) is 5.62. The minimum Gasteiger partial charge on any atom is -0.486 e. The highest BCUT2D eigenvalue weighted by molar-refractivity contribution is 7.99. The lowest BCUT2D eigenvalue weighted by atomic mass is 10.3. The molecule has 0 radical (unpaired) electrons. The molecule has 0 unspecified atom stereocenters. The number of ether oxygens (including phenoxy) is 2. The predicted octanol–water partition coefficient (Wildman–Crippen LogP) is 3.60. The minimum absolute atomic E-state index is 0.542. The molecule has 0 amide bonds. The fourth-order valence-corrected chi connectivity index (χ4v) is 3.22. The molecule has 3 aromatic rings. The number of rotatable bonds is 2. The van der Waals surface area contributed by atoms with Crippen LogP contribution in [0.5, 0.6) is 11.5 Å². The molecule has 5 nitrogen and oxygen atoms in total. The molecule has 22 heavy (non-hydrogen) atoms. The summed E-state index contributed by atoms with van der Waals surface area (Å²) in [5, 5.41) is 1.40. The number of benzene rings is 1. The van der Waals surface area contributed by atoms with Crippen molar-refractivity contribution in [2.45, 2.75) is 9.92 Å². The zero-order valence-corrected chi connectivity index (χ0v) is 12.9. The Morgan fingerprint density at radius 1 is 1.00 bits per heavy atom. The molecule has 0 N–H and O–H groups in total. The van der Waals surface area contributed by atoms with Crippen LogP contribution in [0.3, 0.4) is 0 Å². The van der Waals surface area contributed by atoms with E-state index >= 15 is 0 Å². The van der Waals surface area contributed by atoms with Crippen molar-refractivity contribution < 1.29 is 9.47 Å². The van der Waals surface area contributed by atoms with Crippen LogP contribution < -0.4 is 9.47 Å². The Balaban J connectivity index is 1.69. The molecule has 0 aliphatic carbocycles. The third-order valence-corrected chi connectivity index (χ3v) is 4.54. The SMILES string of the molecule is Clc1cc2c(cc1Sc1ccc3nccnc3n1)OCCO2. The van der Waals surface area contributed by atoms with Gasteiger partial charge < -0.3 is 9.47 Å². The van der Waals surface area contributed by atoms with E-state index in [9.17, 15) is 0 Å². The van der Waals surface area contributed by atoms with Crippen molar-refractivity contribution in [3.05, 3.63) is 41.7 Å². The molecule has 0 saturated heterocycles. The lowest BCUT2D eigenvalue weighted by Gasteiger charge is -2.19. The summed E-state index contributed by atoms with van der Waals surface area (Å²) in [6.07, 6.45) is 3.27. The quantitative estimate of drug-likeness (QED) is 0.715. The molecule has 0 spiro atoms. The van der Waals surface area contributed by atoms with Gasteiger partial charge in [-0.25, -0.2) is 9.97 Å². The lowest BCUT2D eigenvalue weighted by Crippen LogP contribution is -2.15. The number of hydrogen-bond acceptors (Lipinski definition) is 6. The van der Waals surface area contributed by atoms with Crippen LogP contribution in [0, 0.1) is 0 Å². The number of halogens is 1. The maximum absolute atomic E-state index is 6.32. The fourth-order valence-electron chi connectivity index (χ4n) is 2.13.